The molecule has 0 aromatic heterocycles. The summed E-state index contributed by atoms with van der Waals surface area (Å²) in [6.07, 6.45) is 1.08. The quantitative estimate of drug-likeness (QED) is 0.793. The van der Waals surface area contributed by atoms with Crippen LogP contribution in [0.2, 0.25) is 0 Å². The predicted molar refractivity (Wildman–Crippen MR) is 70.5 cm³/mol. The zero-order valence-corrected chi connectivity index (χ0v) is 11.0. The first-order chi connectivity index (χ1) is 8.17. The highest BCUT2D eigenvalue weighted by molar-refractivity contribution is 5.31. The molecule has 1 aromatic carbocycles. The molecule has 0 aliphatic heterocycles. The molecule has 2 N–H and O–H groups in total. The molecule has 3 heteroatoms. The summed E-state index contributed by atoms with van der Waals surface area (Å²) in [5.41, 5.74) is 6.00. The Kier molecular flexibility index (Phi) is 5.84. The first-order valence-corrected chi connectivity index (χ1v) is 6.28. The van der Waals surface area contributed by atoms with E-state index in [0.717, 1.165) is 17.9 Å². The van der Waals surface area contributed by atoms with E-state index >= 15 is 0 Å². The second-order valence-corrected chi connectivity index (χ2v) is 4.26. The molecule has 2 atom stereocenters. The zero-order chi connectivity index (χ0) is 12.7. The fourth-order valence-corrected chi connectivity index (χ4v) is 1.46. The van der Waals surface area contributed by atoms with Crippen LogP contribution in [-0.2, 0) is 0 Å². The highest BCUT2D eigenvalue weighted by Gasteiger charge is 2.11. The summed E-state index contributed by atoms with van der Waals surface area (Å²) in [4.78, 5) is 0. The maximum Gasteiger partial charge on any atom is 0.119 e. The van der Waals surface area contributed by atoms with Gasteiger partial charge in [-0.15, -0.1) is 0 Å². The molecule has 1 aromatic rings. The molecule has 0 saturated carbocycles. The van der Waals surface area contributed by atoms with Crippen LogP contribution in [0.5, 0.6) is 11.5 Å². The van der Waals surface area contributed by atoms with Crippen LogP contribution in [0.4, 0.5) is 0 Å². The Bertz CT molecular complexity index is 311. The minimum Gasteiger partial charge on any atom is -0.494 e. The Hall–Kier alpha value is -1.22. The SMILES string of the molecule is CCOc1ccc(OCC(N)C(C)CC)cc1. The molecule has 0 spiro atoms. The minimum atomic E-state index is 0.0894. The Labute approximate surface area is 104 Å². The monoisotopic (exact) mass is 237 g/mol. The van der Waals surface area contributed by atoms with Crippen molar-refractivity contribution in [3.63, 3.8) is 0 Å². The highest BCUT2D eigenvalue weighted by Crippen LogP contribution is 2.18. The third-order valence-electron chi connectivity index (χ3n) is 2.95. The number of nitrogens with two attached hydrogens (primary N) is 1. The molecule has 1 rings (SSSR count). The number of ether oxygens (including phenoxy) is 2. The molecular weight excluding hydrogens is 214 g/mol. The molecule has 0 amide bonds. The summed E-state index contributed by atoms with van der Waals surface area (Å²) in [5.74, 6) is 2.19. The highest BCUT2D eigenvalue weighted by atomic mass is 16.5. The lowest BCUT2D eigenvalue weighted by Crippen LogP contribution is -2.34. The summed E-state index contributed by atoms with van der Waals surface area (Å²) < 4.78 is 11.0. The largest absolute Gasteiger partial charge is 0.494 e. The van der Waals surface area contributed by atoms with Gasteiger partial charge in [-0.05, 0) is 37.1 Å². The van der Waals surface area contributed by atoms with E-state index in [0.29, 0.717) is 19.1 Å². The number of benzene rings is 1. The van der Waals surface area contributed by atoms with E-state index in [1.54, 1.807) is 0 Å². The molecule has 0 aliphatic carbocycles. The van der Waals surface area contributed by atoms with Crippen molar-refractivity contribution in [3.05, 3.63) is 24.3 Å². The Morgan fingerprint density at radius 2 is 1.59 bits per heavy atom. The molecule has 17 heavy (non-hydrogen) atoms. The van der Waals surface area contributed by atoms with Crippen LogP contribution in [0.3, 0.4) is 0 Å². The first-order valence-electron chi connectivity index (χ1n) is 6.28. The topological polar surface area (TPSA) is 44.5 Å². The van der Waals surface area contributed by atoms with Gasteiger partial charge in [-0.2, -0.15) is 0 Å². The summed E-state index contributed by atoms with van der Waals surface area (Å²) in [6, 6.07) is 7.73. The van der Waals surface area contributed by atoms with Crippen LogP contribution in [0.1, 0.15) is 27.2 Å². The lowest BCUT2D eigenvalue weighted by atomic mass is 10.0. The van der Waals surface area contributed by atoms with Crippen LogP contribution >= 0.6 is 0 Å². The van der Waals surface area contributed by atoms with E-state index in [9.17, 15) is 0 Å². The number of hydrogen-bond donors (Lipinski definition) is 1. The van der Waals surface area contributed by atoms with Gasteiger partial charge in [-0.1, -0.05) is 20.3 Å². The molecule has 0 radical (unpaired) electrons. The van der Waals surface area contributed by atoms with Gasteiger partial charge >= 0.3 is 0 Å². The van der Waals surface area contributed by atoms with E-state index in [1.807, 2.05) is 31.2 Å². The van der Waals surface area contributed by atoms with Gasteiger partial charge in [0.25, 0.3) is 0 Å². The van der Waals surface area contributed by atoms with Crippen LogP contribution in [0.15, 0.2) is 24.3 Å². The maximum atomic E-state index is 6.00. The van der Waals surface area contributed by atoms with Gasteiger partial charge in [0.05, 0.1) is 6.61 Å². The van der Waals surface area contributed by atoms with Crippen molar-refractivity contribution in [1.82, 2.24) is 0 Å². The number of rotatable bonds is 7. The van der Waals surface area contributed by atoms with Crippen molar-refractivity contribution in [2.45, 2.75) is 33.2 Å². The molecule has 0 bridgehead atoms. The van der Waals surface area contributed by atoms with Crippen molar-refractivity contribution in [2.75, 3.05) is 13.2 Å². The maximum absolute atomic E-state index is 6.00. The summed E-state index contributed by atoms with van der Waals surface area (Å²) in [7, 11) is 0. The zero-order valence-electron chi connectivity index (χ0n) is 11.0. The van der Waals surface area contributed by atoms with Crippen LogP contribution < -0.4 is 15.2 Å². The second-order valence-electron chi connectivity index (χ2n) is 4.26. The third kappa shape index (κ3) is 4.65. The molecule has 96 valence electrons. The summed E-state index contributed by atoms with van der Waals surface area (Å²) in [6.45, 7) is 7.49. The normalized spacial score (nSPS) is 14.1. The Morgan fingerprint density at radius 1 is 1.06 bits per heavy atom. The molecule has 0 fully saturated rings. The molecule has 0 saturated heterocycles. The average molecular weight is 237 g/mol. The van der Waals surface area contributed by atoms with E-state index in [2.05, 4.69) is 13.8 Å². The van der Waals surface area contributed by atoms with E-state index in [1.165, 1.54) is 0 Å². The van der Waals surface area contributed by atoms with Gasteiger partial charge in [-0.3, -0.25) is 0 Å². The second kappa shape index (κ2) is 7.17. The van der Waals surface area contributed by atoms with Crippen molar-refractivity contribution >= 4 is 0 Å². The fourth-order valence-electron chi connectivity index (χ4n) is 1.46. The molecule has 0 heterocycles. The van der Waals surface area contributed by atoms with Gasteiger partial charge in [0.1, 0.15) is 18.1 Å². The molecular formula is C14H23NO2. The van der Waals surface area contributed by atoms with Crippen molar-refractivity contribution in [2.24, 2.45) is 11.7 Å². The Morgan fingerprint density at radius 3 is 2.06 bits per heavy atom. The summed E-state index contributed by atoms with van der Waals surface area (Å²) >= 11 is 0. The average Bonchev–Trinajstić information content (AvgIpc) is 2.37. The standard InChI is InChI=1S/C14H23NO2/c1-4-11(3)14(15)10-17-13-8-6-12(7-9-13)16-5-2/h6-9,11,14H,4-5,10,15H2,1-3H3. The molecule has 2 unspecified atom stereocenters. The fraction of sp³-hybridized carbons (Fsp3) is 0.571. The van der Waals surface area contributed by atoms with Gasteiger partial charge in [0.15, 0.2) is 0 Å². The van der Waals surface area contributed by atoms with Crippen molar-refractivity contribution in [1.29, 1.82) is 0 Å². The van der Waals surface area contributed by atoms with E-state index < -0.39 is 0 Å². The lowest BCUT2D eigenvalue weighted by molar-refractivity contribution is 0.250. The lowest BCUT2D eigenvalue weighted by Gasteiger charge is -2.18. The Balaban J connectivity index is 2.41. The van der Waals surface area contributed by atoms with E-state index in [-0.39, 0.29) is 6.04 Å². The summed E-state index contributed by atoms with van der Waals surface area (Å²) in [5, 5.41) is 0. The third-order valence-corrected chi connectivity index (χ3v) is 2.95. The van der Waals surface area contributed by atoms with Crippen molar-refractivity contribution in [3.8, 4) is 11.5 Å². The van der Waals surface area contributed by atoms with Gasteiger partial charge in [0.2, 0.25) is 0 Å². The van der Waals surface area contributed by atoms with Crippen molar-refractivity contribution < 1.29 is 9.47 Å². The van der Waals surface area contributed by atoms with Gasteiger partial charge < -0.3 is 15.2 Å². The molecule has 0 aliphatic rings. The van der Waals surface area contributed by atoms with Gasteiger partial charge in [-0.25, -0.2) is 0 Å². The minimum absolute atomic E-state index is 0.0894. The van der Waals surface area contributed by atoms with E-state index in [4.69, 9.17) is 15.2 Å². The van der Waals surface area contributed by atoms with Crippen LogP contribution in [-0.4, -0.2) is 19.3 Å². The first kappa shape index (κ1) is 13.8. The molecule has 3 nitrogen and oxygen atoms in total. The van der Waals surface area contributed by atoms with Crippen LogP contribution in [0, 0.1) is 5.92 Å². The smallest absolute Gasteiger partial charge is 0.119 e. The number of hydrogen-bond acceptors (Lipinski definition) is 3. The predicted octanol–water partition coefficient (Wildman–Crippen LogP) is 2.84. The van der Waals surface area contributed by atoms with Gasteiger partial charge in [0, 0.05) is 6.04 Å². The van der Waals surface area contributed by atoms with Crippen LogP contribution in [0.25, 0.3) is 0 Å².